The molecule has 0 radical (unpaired) electrons. The molecule has 9 heteroatoms. The summed E-state index contributed by atoms with van der Waals surface area (Å²) in [5.74, 6) is -3.47. The van der Waals surface area contributed by atoms with Crippen molar-refractivity contribution < 1.29 is 29.3 Å². The lowest BCUT2D eigenvalue weighted by molar-refractivity contribution is -0.151. The van der Waals surface area contributed by atoms with Gasteiger partial charge in [-0.15, -0.1) is 6.58 Å². The zero-order valence-corrected chi connectivity index (χ0v) is 19.2. The van der Waals surface area contributed by atoms with E-state index in [-0.39, 0.29) is 35.8 Å². The number of hydrogen-bond donors (Lipinski definition) is 2. The number of carbonyl (C=O) groups excluding carboxylic acids is 2. The van der Waals surface area contributed by atoms with E-state index in [9.17, 15) is 24.6 Å². The number of carboxylic acid groups (broad SMARTS) is 1. The van der Waals surface area contributed by atoms with Crippen molar-refractivity contribution in [2.24, 2.45) is 11.8 Å². The predicted octanol–water partition coefficient (Wildman–Crippen LogP) is 1.55. The summed E-state index contributed by atoms with van der Waals surface area (Å²) in [6.45, 7) is 4.29. The Morgan fingerprint density at radius 2 is 2.03 bits per heavy atom. The second-order valence-corrected chi connectivity index (χ2v) is 10.4. The Bertz CT molecular complexity index is 756. The molecule has 0 aromatic carbocycles. The van der Waals surface area contributed by atoms with Crippen molar-refractivity contribution in [3.05, 3.63) is 12.7 Å². The van der Waals surface area contributed by atoms with Crippen LogP contribution >= 0.6 is 15.9 Å². The first kappa shape index (κ1) is 22.7. The molecule has 31 heavy (non-hydrogen) atoms. The van der Waals surface area contributed by atoms with Crippen molar-refractivity contribution in [2.45, 2.75) is 73.6 Å². The number of halogens is 1. The van der Waals surface area contributed by atoms with Gasteiger partial charge in [-0.2, -0.15) is 0 Å². The van der Waals surface area contributed by atoms with Crippen LogP contribution in [0.25, 0.3) is 0 Å². The van der Waals surface area contributed by atoms with Crippen LogP contribution in [0.15, 0.2) is 12.7 Å². The van der Waals surface area contributed by atoms with Gasteiger partial charge in [-0.1, -0.05) is 41.3 Å². The maximum absolute atomic E-state index is 14.0. The van der Waals surface area contributed by atoms with Crippen molar-refractivity contribution in [1.82, 2.24) is 9.80 Å². The lowest BCUT2D eigenvalue weighted by atomic mass is 9.70. The van der Waals surface area contributed by atoms with E-state index in [1.54, 1.807) is 6.08 Å². The Balaban J connectivity index is 1.73. The molecule has 4 fully saturated rings. The summed E-state index contributed by atoms with van der Waals surface area (Å²) < 4.78 is 6.27. The first-order valence-electron chi connectivity index (χ1n) is 11.2. The number of carbonyl (C=O) groups is 3. The number of hydrogen-bond acceptors (Lipinski definition) is 5. The highest BCUT2D eigenvalue weighted by Gasteiger charge is 2.76. The van der Waals surface area contributed by atoms with Crippen molar-refractivity contribution in [3.63, 3.8) is 0 Å². The van der Waals surface area contributed by atoms with E-state index >= 15 is 0 Å². The van der Waals surface area contributed by atoms with Crippen LogP contribution in [0.3, 0.4) is 0 Å². The van der Waals surface area contributed by atoms with Crippen molar-refractivity contribution >= 4 is 33.7 Å². The van der Waals surface area contributed by atoms with Gasteiger partial charge in [0.05, 0.1) is 17.9 Å². The fraction of sp³-hybridized carbons (Fsp3) is 0.773. The number of aliphatic hydroxyl groups excluding tert-OH is 1. The van der Waals surface area contributed by atoms with Gasteiger partial charge < -0.3 is 24.7 Å². The summed E-state index contributed by atoms with van der Waals surface area (Å²) in [6.07, 6.45) is 6.89. The number of nitrogens with zero attached hydrogens (tertiary/aromatic N) is 2. The molecule has 0 aromatic heterocycles. The Morgan fingerprint density at radius 1 is 1.32 bits per heavy atom. The third kappa shape index (κ3) is 3.53. The highest BCUT2D eigenvalue weighted by Crippen LogP contribution is 2.60. The molecule has 2 amide bonds. The number of amides is 2. The maximum Gasteiger partial charge on any atom is 0.310 e. The Kier molecular flexibility index (Phi) is 6.47. The SMILES string of the molecule is C=CCN(C(=O)C1N(CCCO)C(=O)[C@@H]2[C@@H](C(=O)O)[C@@H]3OC12CC3Br)C1CCCCC1. The van der Waals surface area contributed by atoms with E-state index in [0.717, 1.165) is 32.1 Å². The molecule has 1 spiro atoms. The number of aliphatic hydroxyl groups is 1. The zero-order valence-electron chi connectivity index (χ0n) is 17.6. The smallest absolute Gasteiger partial charge is 0.310 e. The Hall–Kier alpha value is -1.45. The third-order valence-electron chi connectivity index (χ3n) is 7.49. The van der Waals surface area contributed by atoms with E-state index in [2.05, 4.69) is 22.5 Å². The third-order valence-corrected chi connectivity index (χ3v) is 8.33. The summed E-state index contributed by atoms with van der Waals surface area (Å²) in [7, 11) is 0. The predicted molar refractivity (Wildman–Crippen MR) is 116 cm³/mol. The quantitative estimate of drug-likeness (QED) is 0.388. The van der Waals surface area contributed by atoms with Gasteiger partial charge in [0.1, 0.15) is 11.6 Å². The minimum absolute atomic E-state index is 0.0816. The Labute approximate surface area is 190 Å². The highest BCUT2D eigenvalue weighted by molar-refractivity contribution is 9.09. The number of rotatable bonds is 8. The van der Waals surface area contributed by atoms with Crippen molar-refractivity contribution in [2.75, 3.05) is 19.7 Å². The first-order chi connectivity index (χ1) is 14.9. The van der Waals surface area contributed by atoms with Gasteiger partial charge in [0.15, 0.2) is 0 Å². The van der Waals surface area contributed by atoms with Crippen LogP contribution in [0.2, 0.25) is 0 Å². The number of carboxylic acids is 1. The number of likely N-dealkylation sites (tertiary alicyclic amines) is 1. The molecule has 0 aromatic rings. The molecule has 1 aliphatic carbocycles. The van der Waals surface area contributed by atoms with Crippen LogP contribution < -0.4 is 0 Å². The lowest BCUT2D eigenvalue weighted by Gasteiger charge is -2.40. The van der Waals surface area contributed by atoms with Crippen molar-refractivity contribution in [3.8, 4) is 0 Å². The molecular formula is C22H31BrN2O6. The fourth-order valence-corrected chi connectivity index (χ4v) is 7.22. The van der Waals surface area contributed by atoms with Crippen LogP contribution in [0.5, 0.6) is 0 Å². The number of fused-ring (bicyclic) bond motifs is 1. The molecule has 172 valence electrons. The first-order valence-corrected chi connectivity index (χ1v) is 12.2. The average Bonchev–Trinajstić information content (AvgIpc) is 3.34. The molecule has 3 aliphatic heterocycles. The van der Waals surface area contributed by atoms with Gasteiger partial charge in [-0.25, -0.2) is 0 Å². The van der Waals surface area contributed by atoms with Gasteiger partial charge in [0, 0.05) is 30.6 Å². The number of aliphatic carboxylic acids is 1. The standard InChI is InChI=1S/C22H31BrN2O6/c1-2-9-24(13-7-4-3-5-8-13)20(28)18-22-12-14(23)17(31-22)15(21(29)30)16(22)19(27)25(18)10-6-11-26/h2,13-18,26H,1,3-12H2,(H,29,30)/t14?,15-,16+,17-,18?,22?/m1/s1. The molecule has 2 bridgehead atoms. The molecular weight excluding hydrogens is 468 g/mol. The van der Waals surface area contributed by atoms with Gasteiger partial charge in [0.25, 0.3) is 0 Å². The van der Waals surface area contributed by atoms with E-state index < -0.39 is 35.6 Å². The molecule has 4 rings (SSSR count). The van der Waals surface area contributed by atoms with E-state index in [1.807, 2.05) is 4.90 Å². The fourth-order valence-electron chi connectivity index (χ4n) is 6.28. The van der Waals surface area contributed by atoms with Crippen molar-refractivity contribution in [1.29, 1.82) is 0 Å². The average molecular weight is 499 g/mol. The highest BCUT2D eigenvalue weighted by atomic mass is 79.9. The normalized spacial score (nSPS) is 37.2. The number of alkyl halides is 1. The monoisotopic (exact) mass is 498 g/mol. The summed E-state index contributed by atoms with van der Waals surface area (Å²) in [5, 5.41) is 19.2. The van der Waals surface area contributed by atoms with E-state index in [1.165, 1.54) is 4.90 Å². The summed E-state index contributed by atoms with van der Waals surface area (Å²) in [6, 6.07) is -0.800. The topological polar surface area (TPSA) is 107 Å². The molecule has 3 heterocycles. The second kappa shape index (κ2) is 8.83. The van der Waals surface area contributed by atoms with Crippen LogP contribution in [0, 0.1) is 11.8 Å². The minimum atomic E-state index is -1.15. The summed E-state index contributed by atoms with van der Waals surface area (Å²) >= 11 is 3.55. The molecule has 2 N–H and O–H groups in total. The van der Waals surface area contributed by atoms with Crippen LogP contribution in [-0.2, 0) is 19.1 Å². The van der Waals surface area contributed by atoms with Crippen LogP contribution in [0.4, 0.5) is 0 Å². The van der Waals surface area contributed by atoms with Gasteiger partial charge in [-0.05, 0) is 25.7 Å². The molecule has 1 saturated carbocycles. The maximum atomic E-state index is 14.0. The van der Waals surface area contributed by atoms with Gasteiger partial charge in [-0.3, -0.25) is 14.4 Å². The largest absolute Gasteiger partial charge is 0.481 e. The zero-order chi connectivity index (χ0) is 22.3. The molecule has 3 saturated heterocycles. The lowest BCUT2D eigenvalue weighted by Crippen LogP contribution is -2.58. The van der Waals surface area contributed by atoms with Crippen LogP contribution in [-0.4, -0.2) is 86.1 Å². The minimum Gasteiger partial charge on any atom is -0.481 e. The molecule has 3 unspecified atom stereocenters. The molecule has 8 nitrogen and oxygen atoms in total. The number of ether oxygens (including phenoxy) is 1. The molecule has 4 aliphatic rings. The van der Waals surface area contributed by atoms with Crippen LogP contribution in [0.1, 0.15) is 44.9 Å². The molecule has 6 atom stereocenters. The summed E-state index contributed by atoms with van der Waals surface area (Å²) in [4.78, 5) is 42.7. The second-order valence-electron chi connectivity index (χ2n) is 9.18. The van der Waals surface area contributed by atoms with Gasteiger partial charge in [0.2, 0.25) is 11.8 Å². The van der Waals surface area contributed by atoms with E-state index in [4.69, 9.17) is 4.74 Å². The Morgan fingerprint density at radius 3 is 2.65 bits per heavy atom. The van der Waals surface area contributed by atoms with Gasteiger partial charge >= 0.3 is 5.97 Å². The van der Waals surface area contributed by atoms with E-state index in [0.29, 0.717) is 19.4 Å². The summed E-state index contributed by atoms with van der Waals surface area (Å²) in [5.41, 5.74) is -1.15.